The Labute approximate surface area is 110 Å². The third-order valence-electron chi connectivity index (χ3n) is 2.64. The van der Waals surface area contributed by atoms with Crippen LogP contribution in [0.25, 0.3) is 0 Å². The normalized spacial score (nSPS) is 11.7. The summed E-state index contributed by atoms with van der Waals surface area (Å²) in [5.74, 6) is 0.0128. The highest BCUT2D eigenvalue weighted by Crippen LogP contribution is 2.05. The summed E-state index contributed by atoms with van der Waals surface area (Å²) in [7, 11) is 1.88. The average Bonchev–Trinajstić information content (AvgIpc) is 2.84. The van der Waals surface area contributed by atoms with E-state index in [0.29, 0.717) is 18.8 Å². The van der Waals surface area contributed by atoms with Crippen LogP contribution in [0.1, 0.15) is 16.8 Å². The summed E-state index contributed by atoms with van der Waals surface area (Å²) >= 11 is 0. The van der Waals surface area contributed by atoms with Crippen molar-refractivity contribution in [2.75, 3.05) is 0 Å². The Morgan fingerprint density at radius 2 is 2.37 bits per heavy atom. The Balaban J connectivity index is 2.00. The van der Waals surface area contributed by atoms with Crippen molar-refractivity contribution < 1.29 is 5.21 Å². The van der Waals surface area contributed by atoms with Crippen LogP contribution in [0.2, 0.25) is 0 Å². The largest absolute Gasteiger partial charge is 0.409 e. The van der Waals surface area contributed by atoms with E-state index in [1.807, 2.05) is 25.4 Å². The molecule has 0 spiro atoms. The molecule has 0 aromatic carbocycles. The minimum absolute atomic E-state index is 0.0128. The van der Waals surface area contributed by atoms with Gasteiger partial charge in [-0.1, -0.05) is 11.2 Å². The Hall–Kier alpha value is -2.41. The lowest BCUT2D eigenvalue weighted by Gasteiger charge is -2.07. The molecule has 7 heteroatoms. The van der Waals surface area contributed by atoms with Gasteiger partial charge in [0.15, 0.2) is 5.84 Å². The maximum Gasteiger partial charge on any atom is 0.189 e. The molecule has 0 amide bonds. The molecule has 0 aliphatic carbocycles. The number of aryl methyl sites for hydroxylation is 1. The molecule has 4 N–H and O–H groups in total. The average molecular weight is 260 g/mol. The predicted octanol–water partition coefficient (Wildman–Crippen LogP) is 0.199. The minimum Gasteiger partial charge on any atom is -0.409 e. The molecule has 19 heavy (non-hydrogen) atoms. The molecule has 0 atom stereocenters. The summed E-state index contributed by atoms with van der Waals surface area (Å²) in [6.07, 6.45) is 5.36. The number of hydrogen-bond donors (Lipinski definition) is 3. The first kappa shape index (κ1) is 13.0. The first-order valence-corrected chi connectivity index (χ1v) is 5.80. The van der Waals surface area contributed by atoms with Crippen LogP contribution in [0.3, 0.4) is 0 Å². The highest BCUT2D eigenvalue weighted by molar-refractivity contribution is 5.96. The topological polar surface area (TPSA) is 101 Å². The molecule has 2 rings (SSSR count). The quantitative estimate of drug-likeness (QED) is 0.308. The summed E-state index contributed by atoms with van der Waals surface area (Å²) in [5, 5.41) is 19.0. The molecule has 100 valence electrons. The van der Waals surface area contributed by atoms with Gasteiger partial charge in [-0.05, 0) is 11.6 Å². The van der Waals surface area contributed by atoms with Crippen LogP contribution in [-0.4, -0.2) is 25.8 Å². The predicted molar refractivity (Wildman–Crippen MR) is 70.5 cm³/mol. The maximum atomic E-state index is 8.71. The van der Waals surface area contributed by atoms with Gasteiger partial charge < -0.3 is 16.3 Å². The molecule has 0 bridgehead atoms. The SMILES string of the molecule is Cn1cc(CNCc2cccnc2C(N)=NO)cn1. The van der Waals surface area contributed by atoms with Crippen LogP contribution in [0.4, 0.5) is 0 Å². The fourth-order valence-electron chi connectivity index (χ4n) is 1.76. The fraction of sp³-hybridized carbons (Fsp3) is 0.250. The number of amidine groups is 1. The van der Waals surface area contributed by atoms with Crippen LogP contribution < -0.4 is 11.1 Å². The van der Waals surface area contributed by atoms with Gasteiger partial charge >= 0.3 is 0 Å². The molecule has 0 unspecified atom stereocenters. The smallest absolute Gasteiger partial charge is 0.189 e. The molecular weight excluding hydrogens is 244 g/mol. The number of nitrogens with two attached hydrogens (primary N) is 1. The van der Waals surface area contributed by atoms with Crippen LogP contribution >= 0.6 is 0 Å². The highest BCUT2D eigenvalue weighted by Gasteiger charge is 2.07. The third kappa shape index (κ3) is 3.29. The molecule has 0 fully saturated rings. The van der Waals surface area contributed by atoms with E-state index in [2.05, 4.69) is 20.6 Å². The minimum atomic E-state index is 0.0128. The molecule has 7 nitrogen and oxygen atoms in total. The third-order valence-corrected chi connectivity index (χ3v) is 2.64. The molecule has 2 aromatic rings. The van der Waals surface area contributed by atoms with E-state index in [-0.39, 0.29) is 5.84 Å². The fourth-order valence-corrected chi connectivity index (χ4v) is 1.76. The van der Waals surface area contributed by atoms with E-state index >= 15 is 0 Å². The summed E-state index contributed by atoms with van der Waals surface area (Å²) in [5.41, 5.74) is 8.04. The number of oxime groups is 1. The van der Waals surface area contributed by atoms with Crippen molar-refractivity contribution in [3.05, 3.63) is 47.5 Å². The van der Waals surface area contributed by atoms with Gasteiger partial charge in [0.05, 0.1) is 6.20 Å². The molecule has 0 saturated heterocycles. The first-order valence-electron chi connectivity index (χ1n) is 5.80. The summed E-state index contributed by atoms with van der Waals surface area (Å²) in [6, 6.07) is 3.70. The van der Waals surface area contributed by atoms with E-state index < -0.39 is 0 Å². The zero-order valence-corrected chi connectivity index (χ0v) is 10.6. The van der Waals surface area contributed by atoms with Gasteiger partial charge in [-0.2, -0.15) is 5.10 Å². The van der Waals surface area contributed by atoms with Gasteiger partial charge in [0.1, 0.15) is 5.69 Å². The molecule has 0 saturated carbocycles. The van der Waals surface area contributed by atoms with Crippen molar-refractivity contribution in [1.29, 1.82) is 0 Å². The zero-order valence-electron chi connectivity index (χ0n) is 10.6. The lowest BCUT2D eigenvalue weighted by Crippen LogP contribution is -2.21. The maximum absolute atomic E-state index is 8.71. The van der Waals surface area contributed by atoms with Gasteiger partial charge in [0, 0.05) is 38.1 Å². The van der Waals surface area contributed by atoms with Crippen molar-refractivity contribution in [3.63, 3.8) is 0 Å². The Bertz CT molecular complexity index is 577. The van der Waals surface area contributed by atoms with Crippen molar-refractivity contribution in [3.8, 4) is 0 Å². The van der Waals surface area contributed by atoms with Crippen molar-refractivity contribution in [1.82, 2.24) is 20.1 Å². The molecule has 0 aliphatic rings. The van der Waals surface area contributed by atoms with Crippen LogP contribution in [0, 0.1) is 0 Å². The van der Waals surface area contributed by atoms with Crippen LogP contribution in [0.15, 0.2) is 35.9 Å². The Morgan fingerprint density at radius 1 is 1.53 bits per heavy atom. The zero-order chi connectivity index (χ0) is 13.7. The molecule has 0 aliphatic heterocycles. The van der Waals surface area contributed by atoms with E-state index in [4.69, 9.17) is 10.9 Å². The number of nitrogens with zero attached hydrogens (tertiary/aromatic N) is 4. The van der Waals surface area contributed by atoms with Crippen LogP contribution in [0.5, 0.6) is 0 Å². The molecule has 2 aromatic heterocycles. The second-order valence-corrected chi connectivity index (χ2v) is 4.12. The van der Waals surface area contributed by atoms with Gasteiger partial charge in [-0.25, -0.2) is 0 Å². The van der Waals surface area contributed by atoms with Crippen LogP contribution in [-0.2, 0) is 20.1 Å². The number of nitrogens with one attached hydrogen (secondary N) is 1. The van der Waals surface area contributed by atoms with Crippen molar-refractivity contribution in [2.24, 2.45) is 17.9 Å². The highest BCUT2D eigenvalue weighted by atomic mass is 16.4. The standard InChI is InChI=1S/C12H16N6O/c1-18-8-9(6-16-18)5-14-7-10-3-2-4-15-11(10)12(13)17-19/h2-4,6,8,14,19H,5,7H2,1H3,(H2,13,17). The monoisotopic (exact) mass is 260 g/mol. The van der Waals surface area contributed by atoms with Gasteiger partial charge in [0.2, 0.25) is 0 Å². The second kappa shape index (κ2) is 5.96. The lowest BCUT2D eigenvalue weighted by atomic mass is 10.2. The second-order valence-electron chi connectivity index (χ2n) is 4.12. The van der Waals surface area contributed by atoms with Gasteiger partial charge in [-0.3, -0.25) is 9.67 Å². The summed E-state index contributed by atoms with van der Waals surface area (Å²) in [6.45, 7) is 1.27. The number of hydrogen-bond acceptors (Lipinski definition) is 5. The summed E-state index contributed by atoms with van der Waals surface area (Å²) in [4.78, 5) is 4.11. The molecular formula is C12H16N6O. The lowest BCUT2D eigenvalue weighted by molar-refractivity contribution is 0.318. The van der Waals surface area contributed by atoms with Crippen molar-refractivity contribution >= 4 is 5.84 Å². The molecule has 2 heterocycles. The van der Waals surface area contributed by atoms with E-state index in [1.54, 1.807) is 17.1 Å². The Morgan fingerprint density at radius 3 is 3.05 bits per heavy atom. The Kier molecular flexibility index (Phi) is 4.09. The van der Waals surface area contributed by atoms with E-state index in [0.717, 1.165) is 11.1 Å². The van der Waals surface area contributed by atoms with E-state index in [1.165, 1.54) is 0 Å². The number of rotatable bonds is 5. The molecule has 0 radical (unpaired) electrons. The first-order chi connectivity index (χ1) is 9.20. The summed E-state index contributed by atoms with van der Waals surface area (Å²) < 4.78 is 1.75. The van der Waals surface area contributed by atoms with Gasteiger partial charge in [-0.15, -0.1) is 0 Å². The number of pyridine rings is 1. The van der Waals surface area contributed by atoms with E-state index in [9.17, 15) is 0 Å². The number of aromatic nitrogens is 3. The van der Waals surface area contributed by atoms with Crippen molar-refractivity contribution in [2.45, 2.75) is 13.1 Å². The van der Waals surface area contributed by atoms with Gasteiger partial charge in [0.25, 0.3) is 0 Å².